The van der Waals surface area contributed by atoms with Crippen molar-refractivity contribution in [1.82, 2.24) is 14.8 Å². The topological polar surface area (TPSA) is 65.6 Å². The number of aromatic nitrogens is 1. The van der Waals surface area contributed by atoms with E-state index in [1.54, 1.807) is 6.07 Å². The van der Waals surface area contributed by atoms with Gasteiger partial charge in [-0.2, -0.15) is 0 Å². The summed E-state index contributed by atoms with van der Waals surface area (Å²) in [7, 11) is 0. The van der Waals surface area contributed by atoms with E-state index >= 15 is 0 Å². The van der Waals surface area contributed by atoms with Crippen LogP contribution in [0.15, 0.2) is 16.9 Å². The summed E-state index contributed by atoms with van der Waals surface area (Å²) in [5, 5.41) is 0. The Hall–Kier alpha value is -1.66. The monoisotopic (exact) mass is 331 g/mol. The van der Waals surface area contributed by atoms with Crippen LogP contribution >= 0.6 is 0 Å². The molecule has 0 radical (unpaired) electrons. The van der Waals surface area contributed by atoms with Gasteiger partial charge in [0.1, 0.15) is 5.56 Å². The molecule has 0 aromatic carbocycles. The van der Waals surface area contributed by atoms with Crippen LogP contribution in [0.3, 0.4) is 0 Å². The minimum absolute atomic E-state index is 0.134. The molecule has 2 saturated heterocycles. The van der Waals surface area contributed by atoms with Crippen molar-refractivity contribution in [2.75, 3.05) is 39.4 Å². The first-order valence-electron chi connectivity index (χ1n) is 9.06. The third kappa shape index (κ3) is 3.26. The first kappa shape index (κ1) is 15.8. The van der Waals surface area contributed by atoms with Crippen LogP contribution in [0, 0.1) is 0 Å². The summed E-state index contributed by atoms with van der Waals surface area (Å²) >= 11 is 0. The molecule has 1 N–H and O–H groups in total. The molecular formula is C18H25N3O3. The van der Waals surface area contributed by atoms with Crippen molar-refractivity contribution in [3.05, 3.63) is 33.7 Å². The molecule has 0 unspecified atom stereocenters. The summed E-state index contributed by atoms with van der Waals surface area (Å²) in [5.74, 6) is 0.357. The Morgan fingerprint density at radius 2 is 1.75 bits per heavy atom. The van der Waals surface area contributed by atoms with Gasteiger partial charge in [0, 0.05) is 51.1 Å². The number of nitrogens with one attached hydrogen (secondary N) is 1. The van der Waals surface area contributed by atoms with Gasteiger partial charge in [-0.15, -0.1) is 0 Å². The Labute approximate surface area is 141 Å². The lowest BCUT2D eigenvalue weighted by atomic mass is 10.1. The standard InChI is InChI=1S/C18H25N3O3/c22-17-15(3-4-16(19-17)13-1-2-13)18(23)21-9-7-20(8-10-21)14-5-11-24-12-6-14/h3-4,13-14H,1-2,5-12H2,(H,19,22). The quantitative estimate of drug-likeness (QED) is 0.903. The molecule has 1 saturated carbocycles. The van der Waals surface area contributed by atoms with Gasteiger partial charge in [-0.05, 0) is 43.7 Å². The van der Waals surface area contributed by atoms with Crippen LogP contribution in [0.2, 0.25) is 0 Å². The molecule has 3 aliphatic rings. The van der Waals surface area contributed by atoms with Crippen molar-refractivity contribution in [1.29, 1.82) is 0 Å². The number of ether oxygens (including phenoxy) is 1. The highest BCUT2D eigenvalue weighted by atomic mass is 16.5. The largest absolute Gasteiger partial charge is 0.381 e. The summed E-state index contributed by atoms with van der Waals surface area (Å²) in [6.45, 7) is 4.84. The summed E-state index contributed by atoms with van der Waals surface area (Å²) in [6.07, 6.45) is 4.43. The van der Waals surface area contributed by atoms with Crippen molar-refractivity contribution < 1.29 is 9.53 Å². The summed E-state index contributed by atoms with van der Waals surface area (Å²) < 4.78 is 5.42. The summed E-state index contributed by atoms with van der Waals surface area (Å²) in [4.78, 5) is 32.1. The lowest BCUT2D eigenvalue weighted by molar-refractivity contribution is 0.0137. The van der Waals surface area contributed by atoms with E-state index in [2.05, 4.69) is 9.88 Å². The van der Waals surface area contributed by atoms with Gasteiger partial charge in [0.15, 0.2) is 0 Å². The lowest BCUT2D eigenvalue weighted by Gasteiger charge is -2.40. The molecule has 0 bridgehead atoms. The molecule has 1 aromatic heterocycles. The number of carbonyl (C=O) groups is 1. The smallest absolute Gasteiger partial charge is 0.261 e. The van der Waals surface area contributed by atoms with Gasteiger partial charge < -0.3 is 14.6 Å². The van der Waals surface area contributed by atoms with E-state index in [1.165, 1.54) is 0 Å². The van der Waals surface area contributed by atoms with Gasteiger partial charge in [0.25, 0.3) is 11.5 Å². The Balaban J connectivity index is 1.38. The number of H-pyrrole nitrogens is 1. The molecule has 6 heteroatoms. The Bertz CT molecular complexity index is 654. The number of rotatable bonds is 3. The van der Waals surface area contributed by atoms with E-state index in [4.69, 9.17) is 4.74 Å². The second-order valence-corrected chi connectivity index (χ2v) is 7.10. The highest BCUT2D eigenvalue weighted by Gasteiger charge is 2.29. The van der Waals surface area contributed by atoms with Gasteiger partial charge in [-0.1, -0.05) is 0 Å². The lowest BCUT2D eigenvalue weighted by Crippen LogP contribution is -2.53. The minimum atomic E-state index is -0.240. The van der Waals surface area contributed by atoms with Crippen LogP contribution in [-0.2, 0) is 4.74 Å². The molecule has 3 heterocycles. The normalized spacial score (nSPS) is 23.4. The predicted octanol–water partition coefficient (Wildman–Crippen LogP) is 1.19. The van der Waals surface area contributed by atoms with Crippen LogP contribution in [-0.4, -0.2) is 66.1 Å². The van der Waals surface area contributed by atoms with E-state index in [9.17, 15) is 9.59 Å². The molecule has 1 amide bonds. The zero-order valence-corrected chi connectivity index (χ0v) is 14.0. The van der Waals surface area contributed by atoms with Crippen LogP contribution in [0.25, 0.3) is 0 Å². The molecule has 130 valence electrons. The van der Waals surface area contributed by atoms with Crippen LogP contribution in [0.4, 0.5) is 0 Å². The van der Waals surface area contributed by atoms with Crippen molar-refractivity contribution in [3.63, 3.8) is 0 Å². The molecule has 1 aromatic rings. The summed E-state index contributed by atoms with van der Waals surface area (Å²) in [5.41, 5.74) is 1.01. The van der Waals surface area contributed by atoms with Gasteiger partial charge in [0.05, 0.1) is 0 Å². The maximum absolute atomic E-state index is 12.7. The van der Waals surface area contributed by atoms with E-state index < -0.39 is 0 Å². The number of aromatic amines is 1. The average molecular weight is 331 g/mol. The van der Waals surface area contributed by atoms with E-state index in [0.717, 1.165) is 57.7 Å². The van der Waals surface area contributed by atoms with Crippen LogP contribution in [0.1, 0.15) is 47.7 Å². The van der Waals surface area contributed by atoms with Gasteiger partial charge in [-0.3, -0.25) is 14.5 Å². The molecule has 6 nitrogen and oxygen atoms in total. The first-order chi connectivity index (χ1) is 11.7. The number of hydrogen-bond acceptors (Lipinski definition) is 4. The average Bonchev–Trinajstić information content (AvgIpc) is 3.47. The maximum Gasteiger partial charge on any atom is 0.261 e. The molecule has 24 heavy (non-hydrogen) atoms. The molecule has 3 fully saturated rings. The highest BCUT2D eigenvalue weighted by molar-refractivity contribution is 5.93. The van der Waals surface area contributed by atoms with Crippen LogP contribution in [0.5, 0.6) is 0 Å². The Morgan fingerprint density at radius 1 is 1.04 bits per heavy atom. The third-order valence-corrected chi connectivity index (χ3v) is 5.49. The second kappa shape index (κ2) is 6.69. The van der Waals surface area contributed by atoms with Gasteiger partial charge in [0.2, 0.25) is 0 Å². The van der Waals surface area contributed by atoms with E-state index in [-0.39, 0.29) is 17.0 Å². The maximum atomic E-state index is 12.7. The number of carbonyl (C=O) groups excluding carboxylic acids is 1. The van der Waals surface area contributed by atoms with Gasteiger partial charge >= 0.3 is 0 Å². The Morgan fingerprint density at radius 3 is 2.38 bits per heavy atom. The van der Waals surface area contributed by atoms with E-state index in [1.807, 2.05) is 11.0 Å². The first-order valence-corrected chi connectivity index (χ1v) is 9.06. The van der Waals surface area contributed by atoms with Crippen molar-refractivity contribution in [2.24, 2.45) is 0 Å². The number of amides is 1. The fourth-order valence-corrected chi connectivity index (χ4v) is 3.80. The van der Waals surface area contributed by atoms with E-state index in [0.29, 0.717) is 25.0 Å². The molecule has 0 atom stereocenters. The van der Waals surface area contributed by atoms with Crippen molar-refractivity contribution in [3.8, 4) is 0 Å². The number of nitrogens with zero attached hydrogens (tertiary/aromatic N) is 2. The molecule has 1 aliphatic carbocycles. The van der Waals surface area contributed by atoms with Crippen molar-refractivity contribution in [2.45, 2.75) is 37.6 Å². The predicted molar refractivity (Wildman–Crippen MR) is 90.4 cm³/mol. The zero-order chi connectivity index (χ0) is 16.5. The van der Waals surface area contributed by atoms with Crippen molar-refractivity contribution >= 4 is 5.91 Å². The Kier molecular flexibility index (Phi) is 4.41. The van der Waals surface area contributed by atoms with Gasteiger partial charge in [-0.25, -0.2) is 0 Å². The SMILES string of the molecule is O=C(c1ccc(C2CC2)[nH]c1=O)N1CCN(C2CCOCC2)CC1. The summed E-state index contributed by atoms with van der Waals surface area (Å²) in [6, 6.07) is 4.20. The number of pyridine rings is 1. The van der Waals surface area contributed by atoms with Crippen LogP contribution < -0.4 is 5.56 Å². The number of hydrogen-bond donors (Lipinski definition) is 1. The second-order valence-electron chi connectivity index (χ2n) is 7.10. The molecular weight excluding hydrogens is 306 g/mol. The fraction of sp³-hybridized carbons (Fsp3) is 0.667. The third-order valence-electron chi connectivity index (χ3n) is 5.49. The molecule has 2 aliphatic heterocycles. The number of piperazine rings is 1. The molecule has 0 spiro atoms. The zero-order valence-electron chi connectivity index (χ0n) is 14.0. The highest BCUT2D eigenvalue weighted by Crippen LogP contribution is 2.38. The fourth-order valence-electron chi connectivity index (χ4n) is 3.80. The minimum Gasteiger partial charge on any atom is -0.381 e. The molecule has 4 rings (SSSR count).